The lowest BCUT2D eigenvalue weighted by Gasteiger charge is -2.31. The summed E-state index contributed by atoms with van der Waals surface area (Å²) in [4.78, 5) is 32.5. The van der Waals surface area contributed by atoms with Crippen LogP contribution in [0.25, 0.3) is 5.69 Å². The fraction of sp³-hybridized carbons (Fsp3) is 0.179. The molecule has 0 fully saturated rings. The van der Waals surface area contributed by atoms with E-state index in [0.29, 0.717) is 23.4 Å². The van der Waals surface area contributed by atoms with Gasteiger partial charge in [0.05, 0.1) is 17.4 Å². The topological polar surface area (TPSA) is 67.2 Å². The average Bonchev–Trinajstić information content (AvgIpc) is 3.18. The SMILES string of the molecule is Cc1cc(C(=O)N2CCCc3c(NC(=O)c4ccc(F)cc4)cccc32)c(C)n1-c1cccnc1. The lowest BCUT2D eigenvalue weighted by molar-refractivity contribution is 0.0983. The molecule has 0 spiro atoms. The number of fused-ring (bicyclic) bond motifs is 1. The molecule has 2 aromatic carbocycles. The molecule has 0 saturated heterocycles. The number of pyridine rings is 1. The third-order valence-corrected chi connectivity index (χ3v) is 6.42. The first-order valence-corrected chi connectivity index (χ1v) is 11.5. The first kappa shape index (κ1) is 22.5. The van der Waals surface area contributed by atoms with E-state index in [-0.39, 0.29) is 11.8 Å². The Morgan fingerprint density at radius 2 is 1.83 bits per heavy atom. The molecule has 0 radical (unpaired) electrons. The molecule has 1 aliphatic rings. The van der Waals surface area contributed by atoms with Crippen LogP contribution in [0.5, 0.6) is 0 Å². The minimum atomic E-state index is -0.393. The molecule has 1 aliphatic heterocycles. The fourth-order valence-corrected chi connectivity index (χ4v) is 4.76. The Balaban J connectivity index is 1.46. The summed E-state index contributed by atoms with van der Waals surface area (Å²) in [5.41, 5.74) is 6.11. The van der Waals surface area contributed by atoms with E-state index < -0.39 is 5.82 Å². The van der Waals surface area contributed by atoms with Crippen LogP contribution < -0.4 is 10.2 Å². The normalized spacial score (nSPS) is 12.8. The van der Waals surface area contributed by atoms with E-state index in [0.717, 1.165) is 41.2 Å². The summed E-state index contributed by atoms with van der Waals surface area (Å²) in [6.07, 6.45) is 5.03. The molecule has 35 heavy (non-hydrogen) atoms. The average molecular weight is 469 g/mol. The van der Waals surface area contributed by atoms with Crippen molar-refractivity contribution in [3.8, 4) is 5.69 Å². The number of benzene rings is 2. The smallest absolute Gasteiger partial charge is 0.260 e. The quantitative estimate of drug-likeness (QED) is 0.432. The van der Waals surface area contributed by atoms with Crippen LogP contribution in [0.15, 0.2) is 73.1 Å². The number of carbonyl (C=O) groups excluding carboxylic acids is 2. The molecular weight excluding hydrogens is 443 g/mol. The van der Waals surface area contributed by atoms with Gasteiger partial charge < -0.3 is 14.8 Å². The van der Waals surface area contributed by atoms with Crippen molar-refractivity contribution in [2.24, 2.45) is 0 Å². The maximum absolute atomic E-state index is 13.7. The van der Waals surface area contributed by atoms with E-state index in [1.807, 2.05) is 54.8 Å². The van der Waals surface area contributed by atoms with Gasteiger partial charge >= 0.3 is 0 Å². The molecular formula is C28H25FN4O2. The zero-order valence-corrected chi connectivity index (χ0v) is 19.6. The molecule has 1 N–H and O–H groups in total. The van der Waals surface area contributed by atoms with E-state index in [9.17, 15) is 14.0 Å². The highest BCUT2D eigenvalue weighted by molar-refractivity contribution is 6.09. The first-order chi connectivity index (χ1) is 16.9. The summed E-state index contributed by atoms with van der Waals surface area (Å²) in [6, 6.07) is 16.8. The second kappa shape index (κ2) is 9.18. The second-order valence-electron chi connectivity index (χ2n) is 8.66. The van der Waals surface area contributed by atoms with Crippen LogP contribution >= 0.6 is 0 Å². The van der Waals surface area contributed by atoms with Gasteiger partial charge in [-0.05, 0) is 86.8 Å². The van der Waals surface area contributed by atoms with Crippen molar-refractivity contribution in [2.45, 2.75) is 26.7 Å². The van der Waals surface area contributed by atoms with Crippen molar-refractivity contribution >= 4 is 23.2 Å². The molecule has 5 rings (SSSR count). The number of carbonyl (C=O) groups is 2. The Labute approximate surface area is 203 Å². The number of hydrogen-bond donors (Lipinski definition) is 1. The van der Waals surface area contributed by atoms with Crippen LogP contribution in [0, 0.1) is 19.7 Å². The Kier molecular flexibility index (Phi) is 5.91. The standard InChI is InChI=1S/C28H25FN4O2/c1-18-16-24(19(2)33(18)22-6-4-14-30-17-22)28(35)32-15-5-7-23-25(8-3-9-26(23)32)31-27(34)20-10-12-21(29)13-11-20/h3-4,6,8-14,16-17H,5,7,15H2,1-2H3,(H,31,34). The van der Waals surface area contributed by atoms with Crippen LogP contribution in [0.3, 0.4) is 0 Å². The summed E-state index contributed by atoms with van der Waals surface area (Å²) >= 11 is 0. The monoisotopic (exact) mass is 468 g/mol. The van der Waals surface area contributed by atoms with Crippen molar-refractivity contribution < 1.29 is 14.0 Å². The lowest BCUT2D eigenvalue weighted by Crippen LogP contribution is -2.36. The summed E-state index contributed by atoms with van der Waals surface area (Å²) in [7, 11) is 0. The number of rotatable bonds is 4. The number of nitrogens with zero attached hydrogens (tertiary/aromatic N) is 3. The molecule has 0 unspecified atom stereocenters. The molecule has 0 aliphatic carbocycles. The summed E-state index contributed by atoms with van der Waals surface area (Å²) < 4.78 is 15.3. The number of nitrogens with one attached hydrogen (secondary N) is 1. The molecule has 2 aromatic heterocycles. The minimum Gasteiger partial charge on any atom is -0.322 e. The van der Waals surface area contributed by atoms with Gasteiger partial charge in [-0.15, -0.1) is 0 Å². The number of halogens is 1. The number of anilines is 2. The minimum absolute atomic E-state index is 0.0730. The van der Waals surface area contributed by atoms with Crippen LogP contribution in [0.4, 0.5) is 15.8 Å². The van der Waals surface area contributed by atoms with Crippen LogP contribution in [0.2, 0.25) is 0 Å². The number of hydrogen-bond acceptors (Lipinski definition) is 3. The third kappa shape index (κ3) is 4.21. The van der Waals surface area contributed by atoms with E-state index in [4.69, 9.17) is 0 Å². The van der Waals surface area contributed by atoms with Crippen molar-refractivity contribution in [3.05, 3.63) is 107 Å². The molecule has 176 valence electrons. The van der Waals surface area contributed by atoms with Gasteiger partial charge in [0.2, 0.25) is 0 Å². The van der Waals surface area contributed by atoms with Gasteiger partial charge in [-0.1, -0.05) is 6.07 Å². The lowest BCUT2D eigenvalue weighted by atomic mass is 9.98. The highest BCUT2D eigenvalue weighted by Crippen LogP contribution is 2.35. The van der Waals surface area contributed by atoms with Gasteiger partial charge in [0.15, 0.2) is 0 Å². The summed E-state index contributed by atoms with van der Waals surface area (Å²) in [5.74, 6) is -0.784. The predicted octanol–water partition coefficient (Wildman–Crippen LogP) is 5.47. The van der Waals surface area contributed by atoms with E-state index in [1.54, 1.807) is 17.3 Å². The number of aryl methyl sites for hydroxylation is 1. The number of aromatic nitrogens is 2. The maximum Gasteiger partial charge on any atom is 0.260 e. The van der Waals surface area contributed by atoms with Crippen molar-refractivity contribution in [1.82, 2.24) is 9.55 Å². The highest BCUT2D eigenvalue weighted by atomic mass is 19.1. The maximum atomic E-state index is 13.7. The van der Waals surface area contributed by atoms with Gasteiger partial charge in [-0.3, -0.25) is 14.6 Å². The van der Waals surface area contributed by atoms with Gasteiger partial charge in [-0.25, -0.2) is 4.39 Å². The Bertz CT molecular complexity index is 1410. The molecule has 7 heteroatoms. The van der Waals surface area contributed by atoms with Gasteiger partial charge in [-0.2, -0.15) is 0 Å². The predicted molar refractivity (Wildman–Crippen MR) is 134 cm³/mol. The third-order valence-electron chi connectivity index (χ3n) is 6.42. The molecule has 3 heterocycles. The van der Waals surface area contributed by atoms with E-state index in [1.165, 1.54) is 24.3 Å². The fourth-order valence-electron chi connectivity index (χ4n) is 4.76. The van der Waals surface area contributed by atoms with Crippen molar-refractivity contribution in [3.63, 3.8) is 0 Å². The van der Waals surface area contributed by atoms with Crippen molar-refractivity contribution in [1.29, 1.82) is 0 Å². The Hall–Kier alpha value is -4.26. The summed E-state index contributed by atoms with van der Waals surface area (Å²) in [6.45, 7) is 4.51. The van der Waals surface area contributed by atoms with Crippen LogP contribution in [-0.4, -0.2) is 27.9 Å². The molecule has 0 saturated carbocycles. The summed E-state index contributed by atoms with van der Waals surface area (Å²) in [5, 5.41) is 2.94. The number of amides is 2. The highest BCUT2D eigenvalue weighted by Gasteiger charge is 2.28. The molecule has 6 nitrogen and oxygen atoms in total. The second-order valence-corrected chi connectivity index (χ2v) is 8.66. The zero-order chi connectivity index (χ0) is 24.5. The molecule has 2 amide bonds. The Morgan fingerprint density at radius 1 is 1.03 bits per heavy atom. The van der Waals surface area contributed by atoms with E-state index in [2.05, 4.69) is 10.3 Å². The van der Waals surface area contributed by atoms with Crippen molar-refractivity contribution in [2.75, 3.05) is 16.8 Å². The molecule has 0 atom stereocenters. The molecule has 0 bridgehead atoms. The van der Waals surface area contributed by atoms with Crippen LogP contribution in [0.1, 0.15) is 44.1 Å². The largest absolute Gasteiger partial charge is 0.322 e. The van der Waals surface area contributed by atoms with Gasteiger partial charge in [0, 0.05) is 41.1 Å². The zero-order valence-electron chi connectivity index (χ0n) is 19.6. The van der Waals surface area contributed by atoms with Gasteiger partial charge in [0.25, 0.3) is 11.8 Å². The first-order valence-electron chi connectivity index (χ1n) is 11.5. The van der Waals surface area contributed by atoms with Crippen LogP contribution in [-0.2, 0) is 6.42 Å². The van der Waals surface area contributed by atoms with Gasteiger partial charge in [0.1, 0.15) is 5.82 Å². The van der Waals surface area contributed by atoms with E-state index >= 15 is 0 Å². The Morgan fingerprint density at radius 3 is 2.57 bits per heavy atom. The molecule has 4 aromatic rings.